The number of piperidine rings is 1. The molecule has 1 aliphatic heterocycles. The number of nitrogens with zero attached hydrogens (tertiary/aromatic N) is 5. The van der Waals surface area contributed by atoms with Gasteiger partial charge in [-0.1, -0.05) is 12.1 Å². The number of carbonyl (C=O) groups is 1. The van der Waals surface area contributed by atoms with Crippen LogP contribution in [-0.4, -0.2) is 58.0 Å². The molecule has 5 rings (SSSR count). The quantitative estimate of drug-likeness (QED) is 0.643. The number of anilines is 1. The molecule has 29 heavy (non-hydrogen) atoms. The summed E-state index contributed by atoms with van der Waals surface area (Å²) in [7, 11) is 1.62. The van der Waals surface area contributed by atoms with E-state index in [1.54, 1.807) is 13.4 Å². The van der Waals surface area contributed by atoms with E-state index in [9.17, 15) is 4.79 Å². The molecule has 3 heterocycles. The summed E-state index contributed by atoms with van der Waals surface area (Å²) < 4.78 is 6.34. The predicted molar refractivity (Wildman–Crippen MR) is 113 cm³/mol. The minimum atomic E-state index is 0.0475. The fourth-order valence-corrected chi connectivity index (χ4v) is 4.99. The SMILES string of the molecule is COc1cc(N(C2CC2)C2CCN(C(=O)c3nc4ccccc4s3)CC2)ncn1. The first kappa shape index (κ1) is 18.3. The van der Waals surface area contributed by atoms with Crippen molar-refractivity contribution in [3.05, 3.63) is 41.7 Å². The number of amides is 1. The first-order valence-electron chi connectivity index (χ1n) is 10.0. The van der Waals surface area contributed by atoms with Crippen molar-refractivity contribution >= 4 is 33.3 Å². The Labute approximate surface area is 173 Å². The van der Waals surface area contributed by atoms with Crippen molar-refractivity contribution in [1.29, 1.82) is 0 Å². The van der Waals surface area contributed by atoms with E-state index < -0.39 is 0 Å². The second-order valence-electron chi connectivity index (χ2n) is 7.57. The lowest BCUT2D eigenvalue weighted by Crippen LogP contribution is -2.48. The third-order valence-electron chi connectivity index (χ3n) is 5.66. The zero-order valence-electron chi connectivity index (χ0n) is 16.3. The van der Waals surface area contributed by atoms with E-state index in [0.717, 1.165) is 42.0 Å². The Kier molecular flexibility index (Phi) is 4.79. The van der Waals surface area contributed by atoms with E-state index in [4.69, 9.17) is 4.74 Å². The molecule has 2 fully saturated rings. The van der Waals surface area contributed by atoms with Crippen LogP contribution in [0.3, 0.4) is 0 Å². The molecule has 1 amide bonds. The van der Waals surface area contributed by atoms with Crippen molar-refractivity contribution in [1.82, 2.24) is 19.9 Å². The average molecular weight is 410 g/mol. The summed E-state index contributed by atoms with van der Waals surface area (Å²) in [5, 5.41) is 0.587. The third-order valence-corrected chi connectivity index (χ3v) is 6.69. The van der Waals surface area contributed by atoms with Gasteiger partial charge in [-0.15, -0.1) is 11.3 Å². The van der Waals surface area contributed by atoms with Crippen molar-refractivity contribution in [3.8, 4) is 5.88 Å². The fraction of sp³-hybridized carbons (Fsp3) is 0.429. The van der Waals surface area contributed by atoms with Gasteiger partial charge >= 0.3 is 0 Å². The minimum absolute atomic E-state index is 0.0475. The molecule has 0 atom stereocenters. The van der Waals surface area contributed by atoms with Crippen molar-refractivity contribution in [2.45, 2.75) is 37.8 Å². The zero-order valence-corrected chi connectivity index (χ0v) is 17.1. The van der Waals surface area contributed by atoms with Gasteiger partial charge in [-0.05, 0) is 37.8 Å². The highest BCUT2D eigenvalue weighted by molar-refractivity contribution is 7.20. The predicted octanol–water partition coefficient (Wildman–Crippen LogP) is 3.37. The van der Waals surface area contributed by atoms with Gasteiger partial charge in [-0.2, -0.15) is 0 Å². The summed E-state index contributed by atoms with van der Waals surface area (Å²) in [5.74, 6) is 1.56. The molecule has 3 aromatic rings. The van der Waals surface area contributed by atoms with Crippen LogP contribution in [0.5, 0.6) is 5.88 Å². The number of likely N-dealkylation sites (tertiary alicyclic amines) is 1. The van der Waals surface area contributed by atoms with Gasteiger partial charge in [0.1, 0.15) is 12.1 Å². The van der Waals surface area contributed by atoms with Crippen molar-refractivity contribution < 1.29 is 9.53 Å². The number of methoxy groups -OCH3 is 1. The van der Waals surface area contributed by atoms with Crippen LogP contribution in [0.1, 0.15) is 35.5 Å². The highest BCUT2D eigenvalue weighted by Gasteiger charge is 2.37. The Balaban J connectivity index is 1.29. The van der Waals surface area contributed by atoms with E-state index in [2.05, 4.69) is 19.9 Å². The van der Waals surface area contributed by atoms with E-state index in [-0.39, 0.29) is 5.91 Å². The summed E-state index contributed by atoms with van der Waals surface area (Å²) >= 11 is 1.48. The number of rotatable bonds is 5. The number of fused-ring (bicyclic) bond motifs is 1. The molecule has 7 nitrogen and oxygen atoms in total. The molecule has 0 spiro atoms. The van der Waals surface area contributed by atoms with E-state index in [1.165, 1.54) is 24.2 Å². The average Bonchev–Trinajstić information content (AvgIpc) is 3.50. The summed E-state index contributed by atoms with van der Waals surface area (Å²) in [5.41, 5.74) is 0.897. The normalized spacial score (nSPS) is 17.5. The number of aromatic nitrogens is 3. The van der Waals surface area contributed by atoms with E-state index >= 15 is 0 Å². The molecular formula is C21H23N5O2S. The maximum atomic E-state index is 13.0. The summed E-state index contributed by atoms with van der Waals surface area (Å²) in [6, 6.07) is 10.7. The smallest absolute Gasteiger partial charge is 0.282 e. The summed E-state index contributed by atoms with van der Waals surface area (Å²) in [4.78, 5) is 30.5. The highest BCUT2D eigenvalue weighted by atomic mass is 32.1. The molecule has 2 aromatic heterocycles. The Morgan fingerprint density at radius 2 is 1.90 bits per heavy atom. The molecule has 1 aromatic carbocycles. The number of hydrogen-bond acceptors (Lipinski definition) is 7. The van der Waals surface area contributed by atoms with Crippen LogP contribution in [-0.2, 0) is 0 Å². The molecule has 1 saturated carbocycles. The first-order chi connectivity index (χ1) is 14.2. The van der Waals surface area contributed by atoms with E-state index in [0.29, 0.717) is 23.0 Å². The van der Waals surface area contributed by atoms with Crippen LogP contribution >= 0.6 is 11.3 Å². The lowest BCUT2D eigenvalue weighted by Gasteiger charge is -2.39. The van der Waals surface area contributed by atoms with Crippen molar-refractivity contribution in [2.24, 2.45) is 0 Å². The Hall–Kier alpha value is -2.74. The van der Waals surface area contributed by atoms with Gasteiger partial charge in [0, 0.05) is 31.2 Å². The summed E-state index contributed by atoms with van der Waals surface area (Å²) in [6.45, 7) is 1.48. The fourth-order valence-electron chi connectivity index (χ4n) is 4.05. The standard InChI is InChI=1S/C21H23N5O2S/c1-28-19-12-18(22-13-23-19)26(14-6-7-14)15-8-10-25(11-9-15)21(27)20-24-16-4-2-3-5-17(16)29-20/h2-5,12-15H,6-11H2,1H3. The number of para-hydroxylation sites is 1. The van der Waals surface area contributed by atoms with Crippen molar-refractivity contribution in [3.63, 3.8) is 0 Å². The van der Waals surface area contributed by atoms with Gasteiger partial charge in [-0.25, -0.2) is 15.0 Å². The Morgan fingerprint density at radius 3 is 2.62 bits per heavy atom. The maximum absolute atomic E-state index is 13.0. The number of ether oxygens (including phenoxy) is 1. The topological polar surface area (TPSA) is 71.5 Å². The van der Waals surface area contributed by atoms with Gasteiger partial charge in [0.2, 0.25) is 5.88 Å². The molecule has 8 heteroatoms. The maximum Gasteiger partial charge on any atom is 0.282 e. The second kappa shape index (κ2) is 7.59. The molecule has 0 radical (unpaired) electrons. The largest absolute Gasteiger partial charge is 0.481 e. The van der Waals surface area contributed by atoms with Crippen LogP contribution < -0.4 is 9.64 Å². The molecule has 1 aliphatic carbocycles. The van der Waals surface area contributed by atoms with Gasteiger partial charge in [-0.3, -0.25) is 4.79 Å². The number of thiazole rings is 1. The second-order valence-corrected chi connectivity index (χ2v) is 8.60. The monoisotopic (exact) mass is 409 g/mol. The lowest BCUT2D eigenvalue weighted by molar-refractivity contribution is 0.0711. The van der Waals surface area contributed by atoms with Gasteiger partial charge in [0.25, 0.3) is 5.91 Å². The molecule has 0 unspecified atom stereocenters. The zero-order chi connectivity index (χ0) is 19.8. The third kappa shape index (κ3) is 3.64. The number of hydrogen-bond donors (Lipinski definition) is 0. The molecule has 1 saturated heterocycles. The minimum Gasteiger partial charge on any atom is -0.481 e. The van der Waals surface area contributed by atoms with Gasteiger partial charge in [0.15, 0.2) is 5.01 Å². The highest BCUT2D eigenvalue weighted by Crippen LogP contribution is 2.36. The van der Waals surface area contributed by atoms with Gasteiger partial charge in [0.05, 0.1) is 17.3 Å². The molecule has 2 aliphatic rings. The van der Waals surface area contributed by atoms with Gasteiger partial charge < -0.3 is 14.5 Å². The molecule has 0 bridgehead atoms. The van der Waals surface area contributed by atoms with Crippen LogP contribution in [0.15, 0.2) is 36.7 Å². The first-order valence-corrected chi connectivity index (χ1v) is 10.8. The Bertz CT molecular complexity index is 994. The van der Waals surface area contributed by atoms with Crippen LogP contribution in [0.25, 0.3) is 10.2 Å². The van der Waals surface area contributed by atoms with Crippen LogP contribution in [0.4, 0.5) is 5.82 Å². The van der Waals surface area contributed by atoms with Crippen LogP contribution in [0, 0.1) is 0 Å². The lowest BCUT2D eigenvalue weighted by atomic mass is 10.0. The van der Waals surface area contributed by atoms with Crippen LogP contribution in [0.2, 0.25) is 0 Å². The van der Waals surface area contributed by atoms with E-state index in [1.807, 2.05) is 35.2 Å². The number of carbonyl (C=O) groups excluding carboxylic acids is 1. The molecular weight excluding hydrogens is 386 g/mol. The van der Waals surface area contributed by atoms with Crippen molar-refractivity contribution in [2.75, 3.05) is 25.1 Å². The Morgan fingerprint density at radius 1 is 1.14 bits per heavy atom. The molecule has 150 valence electrons. The summed E-state index contributed by atoms with van der Waals surface area (Å²) in [6.07, 6.45) is 5.81. The molecule has 0 N–H and O–H groups in total. The number of benzene rings is 1.